The van der Waals surface area contributed by atoms with Gasteiger partial charge in [-0.25, -0.2) is 0 Å². The maximum atomic E-state index is 9.90. The Hall–Kier alpha value is -2.12. The number of ether oxygens (including phenoxy) is 2. The minimum atomic E-state index is -0.593. The van der Waals surface area contributed by atoms with Gasteiger partial charge in [0.05, 0.1) is 0 Å². The topological polar surface area (TPSA) is 89.6 Å². The Kier molecular flexibility index (Phi) is 6.37. The summed E-state index contributed by atoms with van der Waals surface area (Å²) < 4.78 is 16.3. The summed E-state index contributed by atoms with van der Waals surface area (Å²) in [5, 5.41) is 16.8. The first-order valence-electron chi connectivity index (χ1n) is 7.60. The maximum absolute atomic E-state index is 9.90. The lowest BCUT2D eigenvalue weighted by Crippen LogP contribution is -2.35. The number of aliphatic hydroxyl groups excluding tert-OH is 1. The van der Waals surface area contributed by atoms with Crippen molar-refractivity contribution in [3.8, 4) is 11.5 Å². The summed E-state index contributed by atoms with van der Waals surface area (Å²) in [4.78, 5) is 4.08. The number of nitrogens with one attached hydrogen (secondary N) is 1. The number of rotatable bonds is 9. The smallest absolute Gasteiger partial charge is 0.264 e. The van der Waals surface area contributed by atoms with Crippen LogP contribution in [0.15, 0.2) is 28.8 Å². The van der Waals surface area contributed by atoms with E-state index in [1.54, 1.807) is 19.1 Å². The van der Waals surface area contributed by atoms with E-state index >= 15 is 0 Å². The monoisotopic (exact) mass is 321 g/mol. The molecule has 0 saturated heterocycles. The van der Waals surface area contributed by atoms with Crippen LogP contribution < -0.4 is 14.8 Å². The lowest BCUT2D eigenvalue weighted by molar-refractivity contribution is 0.101. The molecule has 0 amide bonds. The Morgan fingerprint density at radius 2 is 1.91 bits per heavy atom. The van der Waals surface area contributed by atoms with Gasteiger partial charge in [0, 0.05) is 12.6 Å². The summed E-state index contributed by atoms with van der Waals surface area (Å²) in [6.07, 6.45) is -0.593. The van der Waals surface area contributed by atoms with Gasteiger partial charge in [-0.2, -0.15) is 4.98 Å². The molecular formula is C16H23N3O4. The summed E-state index contributed by atoms with van der Waals surface area (Å²) in [6, 6.07) is 7.59. The third-order valence-corrected chi connectivity index (χ3v) is 2.96. The zero-order chi connectivity index (χ0) is 16.7. The summed E-state index contributed by atoms with van der Waals surface area (Å²) >= 11 is 0. The average molecular weight is 321 g/mol. The second-order valence-electron chi connectivity index (χ2n) is 5.50. The van der Waals surface area contributed by atoms with Crippen molar-refractivity contribution in [1.29, 1.82) is 0 Å². The first kappa shape index (κ1) is 17.2. The highest BCUT2D eigenvalue weighted by Gasteiger charge is 2.11. The molecule has 0 aliphatic rings. The predicted molar refractivity (Wildman–Crippen MR) is 84.4 cm³/mol. The number of aryl methyl sites for hydroxylation is 1. The van der Waals surface area contributed by atoms with Crippen LogP contribution in [0.4, 0.5) is 0 Å². The second kappa shape index (κ2) is 8.50. The maximum Gasteiger partial charge on any atom is 0.264 e. The molecule has 126 valence electrons. The fourth-order valence-corrected chi connectivity index (χ4v) is 1.84. The van der Waals surface area contributed by atoms with Gasteiger partial charge >= 0.3 is 0 Å². The zero-order valence-electron chi connectivity index (χ0n) is 13.7. The number of aliphatic hydroxyl groups is 1. The van der Waals surface area contributed by atoms with Crippen LogP contribution in [0.5, 0.6) is 11.5 Å². The van der Waals surface area contributed by atoms with Crippen molar-refractivity contribution < 1.29 is 19.1 Å². The van der Waals surface area contributed by atoms with E-state index in [2.05, 4.69) is 15.5 Å². The van der Waals surface area contributed by atoms with Gasteiger partial charge in [-0.3, -0.25) is 0 Å². The molecule has 1 aromatic heterocycles. The van der Waals surface area contributed by atoms with E-state index in [1.807, 2.05) is 26.0 Å². The van der Waals surface area contributed by atoms with Crippen LogP contribution in [-0.2, 0) is 6.61 Å². The van der Waals surface area contributed by atoms with E-state index in [9.17, 15) is 5.11 Å². The Morgan fingerprint density at radius 3 is 2.52 bits per heavy atom. The molecule has 2 N–H and O–H groups in total. The molecule has 0 aliphatic carbocycles. The molecule has 7 nitrogen and oxygen atoms in total. The van der Waals surface area contributed by atoms with Gasteiger partial charge in [-0.05, 0) is 19.1 Å². The van der Waals surface area contributed by atoms with Gasteiger partial charge < -0.3 is 24.4 Å². The predicted octanol–water partition coefficient (Wildman–Crippen LogP) is 1.69. The van der Waals surface area contributed by atoms with Gasteiger partial charge in [0.1, 0.15) is 12.7 Å². The van der Waals surface area contributed by atoms with E-state index < -0.39 is 6.10 Å². The summed E-state index contributed by atoms with van der Waals surface area (Å²) in [5.74, 6) is 2.09. The standard InChI is InChI=1S/C16H23N3O4/c1-11(2)17-8-13(20)9-21-14-6-4-5-7-15(14)22-10-16-18-12(3)19-23-16/h4-7,11,13,17,20H,8-10H2,1-3H3. The quantitative estimate of drug-likeness (QED) is 0.726. The number of hydrogen-bond donors (Lipinski definition) is 2. The third-order valence-electron chi connectivity index (χ3n) is 2.96. The van der Waals surface area contributed by atoms with Crippen molar-refractivity contribution in [2.45, 2.75) is 39.5 Å². The Balaban J connectivity index is 1.87. The SMILES string of the molecule is Cc1noc(COc2ccccc2OCC(O)CNC(C)C)n1. The van der Waals surface area contributed by atoms with Crippen LogP contribution >= 0.6 is 0 Å². The molecule has 0 radical (unpaired) electrons. The van der Waals surface area contributed by atoms with E-state index in [-0.39, 0.29) is 13.2 Å². The van der Waals surface area contributed by atoms with Crippen LogP contribution in [0, 0.1) is 6.92 Å². The fraction of sp³-hybridized carbons (Fsp3) is 0.500. The van der Waals surface area contributed by atoms with Crippen molar-refractivity contribution in [3.63, 3.8) is 0 Å². The average Bonchev–Trinajstić information content (AvgIpc) is 2.95. The molecule has 1 heterocycles. The molecule has 0 fully saturated rings. The minimum Gasteiger partial charge on any atom is -0.487 e. The molecule has 0 bridgehead atoms. The van der Waals surface area contributed by atoms with Crippen LogP contribution in [0.1, 0.15) is 25.6 Å². The highest BCUT2D eigenvalue weighted by molar-refractivity contribution is 5.39. The lowest BCUT2D eigenvalue weighted by Gasteiger charge is -2.16. The van der Waals surface area contributed by atoms with E-state index in [0.717, 1.165) is 0 Å². The molecule has 0 aliphatic heterocycles. The van der Waals surface area contributed by atoms with Crippen molar-refractivity contribution in [2.75, 3.05) is 13.2 Å². The number of aromatic nitrogens is 2. The van der Waals surface area contributed by atoms with Gasteiger partial charge in [-0.15, -0.1) is 0 Å². The molecule has 1 unspecified atom stereocenters. The van der Waals surface area contributed by atoms with Gasteiger partial charge in [0.25, 0.3) is 5.89 Å². The van der Waals surface area contributed by atoms with E-state index in [1.165, 1.54) is 0 Å². The molecule has 0 spiro atoms. The Labute approximate surface area is 135 Å². The van der Waals surface area contributed by atoms with Crippen molar-refractivity contribution in [1.82, 2.24) is 15.5 Å². The van der Waals surface area contributed by atoms with Crippen LogP contribution in [0.3, 0.4) is 0 Å². The first-order valence-corrected chi connectivity index (χ1v) is 7.60. The van der Waals surface area contributed by atoms with Crippen LogP contribution in [0.2, 0.25) is 0 Å². The molecule has 0 saturated carbocycles. The van der Waals surface area contributed by atoms with Crippen LogP contribution in [-0.4, -0.2) is 40.5 Å². The number of benzene rings is 1. The Bertz CT molecular complexity index is 601. The first-order chi connectivity index (χ1) is 11.0. The molecule has 7 heteroatoms. The fourth-order valence-electron chi connectivity index (χ4n) is 1.84. The van der Waals surface area contributed by atoms with Gasteiger partial charge in [0.2, 0.25) is 0 Å². The van der Waals surface area contributed by atoms with Crippen LogP contribution in [0.25, 0.3) is 0 Å². The van der Waals surface area contributed by atoms with E-state index in [0.29, 0.717) is 35.8 Å². The zero-order valence-corrected chi connectivity index (χ0v) is 13.7. The number of nitrogens with zero attached hydrogens (tertiary/aromatic N) is 2. The second-order valence-corrected chi connectivity index (χ2v) is 5.50. The molecule has 2 aromatic rings. The summed E-state index contributed by atoms with van der Waals surface area (Å²) in [7, 11) is 0. The highest BCUT2D eigenvalue weighted by atomic mass is 16.5. The molecular weight excluding hydrogens is 298 g/mol. The van der Waals surface area contributed by atoms with Crippen molar-refractivity contribution in [2.24, 2.45) is 0 Å². The lowest BCUT2D eigenvalue weighted by atomic mass is 10.3. The van der Waals surface area contributed by atoms with Crippen molar-refractivity contribution in [3.05, 3.63) is 36.0 Å². The molecule has 23 heavy (non-hydrogen) atoms. The third kappa shape index (κ3) is 5.88. The summed E-state index contributed by atoms with van der Waals surface area (Å²) in [5.41, 5.74) is 0. The number of hydrogen-bond acceptors (Lipinski definition) is 7. The normalized spacial score (nSPS) is 12.4. The summed E-state index contributed by atoms with van der Waals surface area (Å²) in [6.45, 7) is 6.61. The molecule has 2 rings (SSSR count). The largest absolute Gasteiger partial charge is 0.487 e. The van der Waals surface area contributed by atoms with Gasteiger partial charge in [-0.1, -0.05) is 31.1 Å². The molecule has 1 atom stereocenters. The molecule has 1 aromatic carbocycles. The van der Waals surface area contributed by atoms with E-state index in [4.69, 9.17) is 14.0 Å². The number of para-hydroxylation sites is 2. The Morgan fingerprint density at radius 1 is 1.22 bits per heavy atom. The van der Waals surface area contributed by atoms with Crippen molar-refractivity contribution >= 4 is 0 Å². The minimum absolute atomic E-state index is 0.165. The van der Waals surface area contributed by atoms with Gasteiger partial charge in [0.15, 0.2) is 23.9 Å². The highest BCUT2D eigenvalue weighted by Crippen LogP contribution is 2.27.